The van der Waals surface area contributed by atoms with Gasteiger partial charge in [-0.2, -0.15) is 0 Å². The Morgan fingerprint density at radius 2 is 2.00 bits per heavy atom. The molecule has 0 heterocycles. The fourth-order valence-electron chi connectivity index (χ4n) is 1.98. The van der Waals surface area contributed by atoms with Crippen molar-refractivity contribution in [3.63, 3.8) is 0 Å². The second-order valence-corrected chi connectivity index (χ2v) is 5.10. The zero-order valence-corrected chi connectivity index (χ0v) is 12.7. The highest BCUT2D eigenvalue weighted by Gasteiger charge is 2.28. The summed E-state index contributed by atoms with van der Waals surface area (Å²) in [5, 5.41) is 18.8. The number of carboxylic acids is 1. The van der Waals surface area contributed by atoms with E-state index in [1.165, 1.54) is 11.1 Å². The number of halogens is 2. The number of hydrogen-bond acceptors (Lipinski definition) is 2. The Morgan fingerprint density at radius 1 is 1.40 bits per heavy atom. The van der Waals surface area contributed by atoms with Crippen LogP contribution >= 0.6 is 23.2 Å². The third-order valence-corrected chi connectivity index (χ3v) is 3.53. The van der Waals surface area contributed by atoms with Crippen molar-refractivity contribution in [2.75, 3.05) is 0 Å². The topological polar surface area (TPSA) is 57.5 Å². The van der Waals surface area contributed by atoms with Crippen LogP contribution in [0.3, 0.4) is 0 Å². The van der Waals surface area contributed by atoms with Gasteiger partial charge in [0.05, 0.1) is 11.7 Å². The predicted molar refractivity (Wildman–Crippen MR) is 81.5 cm³/mol. The van der Waals surface area contributed by atoms with Crippen LogP contribution in [0.4, 0.5) is 0 Å². The lowest BCUT2D eigenvalue weighted by Crippen LogP contribution is -2.04. The summed E-state index contributed by atoms with van der Waals surface area (Å²) in [6.45, 7) is 1.90. The minimum atomic E-state index is -0.938. The number of aromatic carboxylic acids is 1. The molecule has 1 saturated carbocycles. The lowest BCUT2D eigenvalue weighted by molar-refractivity contribution is 0.0696. The molecule has 1 aliphatic rings. The van der Waals surface area contributed by atoms with E-state index < -0.39 is 12.1 Å². The van der Waals surface area contributed by atoms with Crippen molar-refractivity contribution >= 4 is 29.2 Å². The minimum Gasteiger partial charge on any atom is -0.478 e. The minimum absolute atomic E-state index is 0.256. The highest BCUT2D eigenvalue weighted by atomic mass is 35.5. The molecule has 0 aromatic heterocycles. The van der Waals surface area contributed by atoms with E-state index in [-0.39, 0.29) is 5.56 Å². The first-order valence-corrected chi connectivity index (χ1v) is 7.33. The summed E-state index contributed by atoms with van der Waals surface area (Å²) < 4.78 is 0. The molecule has 1 aliphatic carbocycles. The summed E-state index contributed by atoms with van der Waals surface area (Å²) in [4.78, 5) is 10.9. The van der Waals surface area contributed by atoms with Crippen molar-refractivity contribution in [3.05, 3.63) is 46.0 Å². The summed E-state index contributed by atoms with van der Waals surface area (Å²) in [7, 11) is 0. The molecular weight excluding hydrogens is 299 g/mol. The molecule has 1 aromatic carbocycles. The Kier molecular flexibility index (Phi) is 7.06. The molecule has 3 nitrogen and oxygen atoms in total. The second kappa shape index (κ2) is 8.30. The lowest BCUT2D eigenvalue weighted by Gasteiger charge is -2.14. The number of carbonyl (C=O) groups is 1. The molecular formula is C15H18Cl2O3. The van der Waals surface area contributed by atoms with Crippen LogP contribution < -0.4 is 0 Å². The van der Waals surface area contributed by atoms with Gasteiger partial charge in [0.1, 0.15) is 0 Å². The Labute approximate surface area is 128 Å². The van der Waals surface area contributed by atoms with Gasteiger partial charge in [0.2, 0.25) is 0 Å². The van der Waals surface area contributed by atoms with Crippen LogP contribution in [0.25, 0.3) is 0 Å². The first-order valence-electron chi connectivity index (χ1n) is 6.45. The Hall–Kier alpha value is -1.03. The van der Waals surface area contributed by atoms with Crippen molar-refractivity contribution in [1.29, 1.82) is 0 Å². The smallest absolute Gasteiger partial charge is 0.335 e. The SMILES string of the molecule is CCC(O)c1cc(C(=O)O)ccc1C1CC1.ClC=CCl. The van der Waals surface area contributed by atoms with Gasteiger partial charge >= 0.3 is 5.97 Å². The van der Waals surface area contributed by atoms with Crippen molar-refractivity contribution < 1.29 is 15.0 Å². The predicted octanol–water partition coefficient (Wildman–Crippen LogP) is 4.64. The van der Waals surface area contributed by atoms with E-state index >= 15 is 0 Å². The van der Waals surface area contributed by atoms with E-state index in [2.05, 4.69) is 0 Å². The average molecular weight is 317 g/mol. The van der Waals surface area contributed by atoms with Gasteiger partial charge in [-0.1, -0.05) is 36.2 Å². The molecule has 0 aliphatic heterocycles. The summed E-state index contributed by atoms with van der Waals surface area (Å²) in [5.41, 5.74) is 4.65. The monoisotopic (exact) mass is 316 g/mol. The molecule has 0 saturated heterocycles. The van der Waals surface area contributed by atoms with E-state index in [4.69, 9.17) is 28.3 Å². The molecule has 0 amide bonds. The van der Waals surface area contributed by atoms with Crippen LogP contribution in [-0.2, 0) is 0 Å². The van der Waals surface area contributed by atoms with Gasteiger partial charge in [-0.15, -0.1) is 0 Å². The highest BCUT2D eigenvalue weighted by molar-refractivity contribution is 6.33. The standard InChI is InChI=1S/C13H16O3.C2H2Cl2/c1-2-12(14)11-7-9(13(15)16)5-6-10(11)8-3-4-8;3-1-2-4/h5-8,12,14H,2-4H2,1H3,(H,15,16);1-2H. The molecule has 20 heavy (non-hydrogen) atoms. The average Bonchev–Trinajstić information content (AvgIpc) is 3.30. The van der Waals surface area contributed by atoms with Crippen molar-refractivity contribution in [2.24, 2.45) is 0 Å². The summed E-state index contributed by atoms with van der Waals surface area (Å²) >= 11 is 9.75. The summed E-state index contributed by atoms with van der Waals surface area (Å²) in [6, 6.07) is 5.10. The quantitative estimate of drug-likeness (QED) is 0.850. The first-order chi connectivity index (χ1) is 9.54. The van der Waals surface area contributed by atoms with Gasteiger partial charge in [-0.25, -0.2) is 4.79 Å². The molecule has 110 valence electrons. The molecule has 1 fully saturated rings. The summed E-state index contributed by atoms with van der Waals surface area (Å²) in [6.07, 6.45) is 2.36. The Morgan fingerprint density at radius 3 is 2.40 bits per heavy atom. The van der Waals surface area contributed by atoms with E-state index in [1.54, 1.807) is 12.1 Å². The van der Waals surface area contributed by atoms with Gasteiger partial charge in [-0.05, 0) is 48.4 Å². The number of rotatable bonds is 4. The van der Waals surface area contributed by atoms with Gasteiger partial charge in [0, 0.05) is 11.1 Å². The van der Waals surface area contributed by atoms with Gasteiger partial charge in [0.25, 0.3) is 0 Å². The third kappa shape index (κ3) is 4.82. The van der Waals surface area contributed by atoms with Crippen molar-refractivity contribution in [1.82, 2.24) is 0 Å². The normalized spacial score (nSPS) is 15.6. The van der Waals surface area contributed by atoms with Crippen molar-refractivity contribution in [2.45, 2.75) is 38.2 Å². The zero-order chi connectivity index (χ0) is 15.1. The number of aliphatic hydroxyl groups is 1. The van der Waals surface area contributed by atoms with Crippen molar-refractivity contribution in [3.8, 4) is 0 Å². The zero-order valence-electron chi connectivity index (χ0n) is 11.2. The van der Waals surface area contributed by atoms with E-state index in [1.807, 2.05) is 13.0 Å². The van der Waals surface area contributed by atoms with Crippen LogP contribution in [0.1, 0.15) is 59.7 Å². The van der Waals surface area contributed by atoms with Crippen LogP contribution in [-0.4, -0.2) is 16.2 Å². The molecule has 0 radical (unpaired) electrons. The molecule has 1 atom stereocenters. The molecule has 0 bridgehead atoms. The molecule has 2 N–H and O–H groups in total. The van der Waals surface area contributed by atoms with Gasteiger partial charge in [0.15, 0.2) is 0 Å². The number of hydrogen-bond donors (Lipinski definition) is 2. The maximum atomic E-state index is 10.9. The molecule has 5 heteroatoms. The highest BCUT2D eigenvalue weighted by Crippen LogP contribution is 2.43. The Bertz CT molecular complexity index is 478. The molecule has 1 unspecified atom stereocenters. The lowest BCUT2D eigenvalue weighted by atomic mass is 9.95. The maximum Gasteiger partial charge on any atom is 0.335 e. The van der Waals surface area contributed by atoms with E-state index in [0.717, 1.165) is 24.0 Å². The van der Waals surface area contributed by atoms with Crippen LogP contribution in [0.2, 0.25) is 0 Å². The molecule has 2 rings (SSSR count). The van der Waals surface area contributed by atoms with Crippen LogP contribution in [0, 0.1) is 0 Å². The van der Waals surface area contributed by atoms with Gasteiger partial charge < -0.3 is 10.2 Å². The van der Waals surface area contributed by atoms with Gasteiger partial charge in [-0.3, -0.25) is 0 Å². The van der Waals surface area contributed by atoms with Crippen LogP contribution in [0.5, 0.6) is 0 Å². The fraction of sp³-hybridized carbons (Fsp3) is 0.400. The van der Waals surface area contributed by atoms with Crippen LogP contribution in [0.15, 0.2) is 29.3 Å². The largest absolute Gasteiger partial charge is 0.478 e. The number of carboxylic acid groups (broad SMARTS) is 1. The number of benzene rings is 1. The summed E-state index contributed by atoms with van der Waals surface area (Å²) in [5.74, 6) is -0.411. The Balaban J connectivity index is 0.000000444. The van der Waals surface area contributed by atoms with E-state index in [9.17, 15) is 9.90 Å². The number of aliphatic hydroxyl groups excluding tert-OH is 1. The van der Waals surface area contributed by atoms with E-state index in [0.29, 0.717) is 12.3 Å². The molecule has 1 aromatic rings. The maximum absolute atomic E-state index is 10.9. The second-order valence-electron chi connectivity index (χ2n) is 4.60. The fourth-order valence-corrected chi connectivity index (χ4v) is 1.98. The third-order valence-electron chi connectivity index (χ3n) is 3.14. The first kappa shape index (κ1) is 17.0. The molecule has 0 spiro atoms.